The summed E-state index contributed by atoms with van der Waals surface area (Å²) in [7, 11) is 0. The molecule has 2 aromatic heterocycles. The topological polar surface area (TPSA) is 49.0 Å². The van der Waals surface area contributed by atoms with Crippen LogP contribution in [0, 0.1) is 5.92 Å². The van der Waals surface area contributed by atoms with E-state index in [1.807, 2.05) is 18.5 Å². The zero-order chi connectivity index (χ0) is 13.6. The summed E-state index contributed by atoms with van der Waals surface area (Å²) in [6.07, 6.45) is 4.87. The van der Waals surface area contributed by atoms with Gasteiger partial charge in [-0.15, -0.1) is 0 Å². The van der Waals surface area contributed by atoms with E-state index in [0.29, 0.717) is 12.0 Å². The molecule has 3 N–H and O–H groups in total. The van der Waals surface area contributed by atoms with Crippen LogP contribution in [-0.2, 0) is 6.42 Å². The van der Waals surface area contributed by atoms with Crippen molar-refractivity contribution in [2.75, 3.05) is 19.6 Å². The van der Waals surface area contributed by atoms with Gasteiger partial charge < -0.3 is 5.32 Å². The van der Waals surface area contributed by atoms with Crippen LogP contribution in [0.15, 0.2) is 41.4 Å². The predicted molar refractivity (Wildman–Crippen MR) is 82.5 cm³/mol. The van der Waals surface area contributed by atoms with Gasteiger partial charge in [0.15, 0.2) is 0 Å². The van der Waals surface area contributed by atoms with Crippen molar-refractivity contribution in [2.45, 2.75) is 12.5 Å². The van der Waals surface area contributed by atoms with Gasteiger partial charge in [0.1, 0.15) is 0 Å². The summed E-state index contributed by atoms with van der Waals surface area (Å²) in [5.41, 5.74) is 9.29. The molecule has 5 heteroatoms. The Labute approximate surface area is 123 Å². The van der Waals surface area contributed by atoms with E-state index < -0.39 is 0 Å². The van der Waals surface area contributed by atoms with Crippen LogP contribution >= 0.6 is 11.3 Å². The number of pyridine rings is 1. The van der Waals surface area contributed by atoms with Gasteiger partial charge in [-0.05, 0) is 47.0 Å². The Hall–Kier alpha value is -1.27. The Kier molecular flexibility index (Phi) is 4.76. The molecule has 2 unspecified atom stereocenters. The third-order valence-electron chi connectivity index (χ3n) is 3.71. The second-order valence-corrected chi connectivity index (χ2v) is 5.92. The van der Waals surface area contributed by atoms with E-state index in [2.05, 4.69) is 44.0 Å². The number of nitrogens with zero attached hydrogens (tertiary/aromatic N) is 1. The Morgan fingerprint density at radius 1 is 1.40 bits per heavy atom. The first-order valence-electron chi connectivity index (χ1n) is 7.03. The van der Waals surface area contributed by atoms with Crippen molar-refractivity contribution in [1.29, 1.82) is 0 Å². The zero-order valence-corrected chi connectivity index (χ0v) is 12.2. The maximum Gasteiger partial charge on any atom is 0.0530 e. The zero-order valence-electron chi connectivity index (χ0n) is 11.4. The first kappa shape index (κ1) is 13.7. The number of nitrogens with one attached hydrogen (secondary N) is 3. The highest BCUT2D eigenvalue weighted by Gasteiger charge is 2.27. The summed E-state index contributed by atoms with van der Waals surface area (Å²) in [6, 6.07) is 6.67. The van der Waals surface area contributed by atoms with Crippen LogP contribution in [0.5, 0.6) is 0 Å². The van der Waals surface area contributed by atoms with Crippen LogP contribution in [0.1, 0.15) is 17.2 Å². The van der Waals surface area contributed by atoms with Gasteiger partial charge in [-0.2, -0.15) is 11.3 Å². The summed E-state index contributed by atoms with van der Waals surface area (Å²) >= 11 is 1.77. The molecule has 3 rings (SSSR count). The summed E-state index contributed by atoms with van der Waals surface area (Å²) < 4.78 is 0. The van der Waals surface area contributed by atoms with Gasteiger partial charge in [-0.25, -0.2) is 5.43 Å². The fourth-order valence-corrected chi connectivity index (χ4v) is 3.30. The molecule has 0 spiro atoms. The Bertz CT molecular complexity index is 500. The Morgan fingerprint density at radius 3 is 3.20 bits per heavy atom. The molecule has 106 valence electrons. The van der Waals surface area contributed by atoms with Crippen molar-refractivity contribution in [3.63, 3.8) is 0 Å². The molecule has 0 amide bonds. The molecule has 0 aromatic carbocycles. The minimum atomic E-state index is 0.345. The van der Waals surface area contributed by atoms with Crippen LogP contribution in [0.25, 0.3) is 0 Å². The summed E-state index contributed by atoms with van der Waals surface area (Å²) in [5.74, 6) is 0.557. The van der Waals surface area contributed by atoms with Gasteiger partial charge in [0, 0.05) is 31.4 Å². The molecule has 3 heterocycles. The van der Waals surface area contributed by atoms with E-state index in [1.54, 1.807) is 11.3 Å². The van der Waals surface area contributed by atoms with E-state index in [0.717, 1.165) is 26.1 Å². The highest BCUT2D eigenvalue weighted by molar-refractivity contribution is 7.07. The van der Waals surface area contributed by atoms with Crippen molar-refractivity contribution in [3.05, 3.63) is 52.5 Å². The fourth-order valence-electron chi connectivity index (χ4n) is 2.60. The fraction of sp³-hybridized carbons (Fsp3) is 0.400. The molecular weight excluding hydrogens is 268 g/mol. The lowest BCUT2D eigenvalue weighted by Crippen LogP contribution is -2.30. The van der Waals surface area contributed by atoms with Crippen LogP contribution in [0.3, 0.4) is 0 Å². The highest BCUT2D eigenvalue weighted by Crippen LogP contribution is 2.23. The third kappa shape index (κ3) is 3.43. The van der Waals surface area contributed by atoms with Crippen molar-refractivity contribution < 1.29 is 0 Å². The Morgan fingerprint density at radius 2 is 2.40 bits per heavy atom. The van der Waals surface area contributed by atoms with Crippen molar-refractivity contribution >= 4 is 11.3 Å². The minimum absolute atomic E-state index is 0.345. The Balaban J connectivity index is 1.47. The first-order chi connectivity index (χ1) is 9.93. The quantitative estimate of drug-likeness (QED) is 0.709. The largest absolute Gasteiger partial charge is 0.316 e. The lowest BCUT2D eigenvalue weighted by molar-refractivity contribution is 0.443. The van der Waals surface area contributed by atoms with Gasteiger partial charge in [0.25, 0.3) is 0 Å². The van der Waals surface area contributed by atoms with E-state index in [-0.39, 0.29) is 0 Å². The van der Waals surface area contributed by atoms with Crippen LogP contribution in [-0.4, -0.2) is 24.6 Å². The van der Waals surface area contributed by atoms with Crippen LogP contribution in [0.2, 0.25) is 0 Å². The average molecular weight is 288 g/mol. The molecule has 1 aliphatic rings. The molecule has 4 nitrogen and oxygen atoms in total. The summed E-state index contributed by atoms with van der Waals surface area (Å²) in [6.45, 7) is 3.04. The molecule has 0 bridgehead atoms. The molecule has 0 saturated carbocycles. The molecule has 1 fully saturated rings. The van der Waals surface area contributed by atoms with Gasteiger partial charge in [-0.3, -0.25) is 10.4 Å². The number of hydrogen-bond donors (Lipinski definition) is 3. The summed E-state index contributed by atoms with van der Waals surface area (Å²) in [5, 5.41) is 7.93. The third-order valence-corrected chi connectivity index (χ3v) is 4.45. The molecular formula is C15H20N4S. The molecule has 1 aliphatic heterocycles. The number of hydrogen-bond acceptors (Lipinski definition) is 5. The van der Waals surface area contributed by atoms with E-state index in [4.69, 9.17) is 0 Å². The number of hydrazine groups is 1. The predicted octanol–water partition coefficient (Wildman–Crippen LogP) is 1.74. The molecule has 2 atom stereocenters. The SMILES string of the molecule is c1cncc(C2NNCC2CNCCc2ccsc2)c1. The lowest BCUT2D eigenvalue weighted by atomic mass is 9.96. The monoisotopic (exact) mass is 288 g/mol. The highest BCUT2D eigenvalue weighted by atomic mass is 32.1. The van der Waals surface area contributed by atoms with Crippen LogP contribution in [0.4, 0.5) is 0 Å². The number of rotatable bonds is 6. The van der Waals surface area contributed by atoms with Gasteiger partial charge >= 0.3 is 0 Å². The van der Waals surface area contributed by atoms with Crippen LogP contribution < -0.4 is 16.2 Å². The van der Waals surface area contributed by atoms with Crippen molar-refractivity contribution in [2.24, 2.45) is 5.92 Å². The molecule has 0 aliphatic carbocycles. The standard InChI is InChI=1S/C15H20N4S/c1-2-13(8-16-5-1)15-14(10-18-19-15)9-17-6-3-12-4-7-20-11-12/h1-2,4-5,7-8,11,14-15,17-19H,3,6,9-10H2. The maximum atomic E-state index is 4.21. The van der Waals surface area contributed by atoms with E-state index in [9.17, 15) is 0 Å². The molecule has 2 aromatic rings. The van der Waals surface area contributed by atoms with Gasteiger partial charge in [0.05, 0.1) is 6.04 Å². The van der Waals surface area contributed by atoms with Crippen molar-refractivity contribution in [3.8, 4) is 0 Å². The molecule has 20 heavy (non-hydrogen) atoms. The van der Waals surface area contributed by atoms with E-state index >= 15 is 0 Å². The second-order valence-electron chi connectivity index (χ2n) is 5.14. The first-order valence-corrected chi connectivity index (χ1v) is 7.98. The smallest absolute Gasteiger partial charge is 0.0530 e. The summed E-state index contributed by atoms with van der Waals surface area (Å²) in [4.78, 5) is 4.21. The minimum Gasteiger partial charge on any atom is -0.316 e. The molecule has 0 radical (unpaired) electrons. The normalized spacial score (nSPS) is 22.2. The number of aromatic nitrogens is 1. The number of thiophene rings is 1. The van der Waals surface area contributed by atoms with Crippen molar-refractivity contribution in [1.82, 2.24) is 21.2 Å². The maximum absolute atomic E-state index is 4.21. The van der Waals surface area contributed by atoms with E-state index in [1.165, 1.54) is 11.1 Å². The van der Waals surface area contributed by atoms with Gasteiger partial charge in [0.2, 0.25) is 0 Å². The average Bonchev–Trinajstić information content (AvgIpc) is 3.16. The lowest BCUT2D eigenvalue weighted by Gasteiger charge is -2.18. The molecule has 1 saturated heterocycles. The second kappa shape index (κ2) is 6.95. The van der Waals surface area contributed by atoms with Gasteiger partial charge in [-0.1, -0.05) is 6.07 Å².